The van der Waals surface area contributed by atoms with Crippen molar-refractivity contribution in [1.29, 1.82) is 0 Å². The molecule has 2 atom stereocenters. The molecule has 0 bridgehead atoms. The van der Waals surface area contributed by atoms with Crippen molar-refractivity contribution < 1.29 is 17.7 Å². The van der Waals surface area contributed by atoms with Crippen LogP contribution in [0.1, 0.15) is 36.4 Å². The Labute approximate surface area is 153 Å². The van der Waals surface area contributed by atoms with Crippen molar-refractivity contribution in [2.45, 2.75) is 32.1 Å². The number of nitrogens with zero attached hydrogens (tertiary/aromatic N) is 2. The number of sulfonamides is 1. The van der Waals surface area contributed by atoms with Gasteiger partial charge in [0.05, 0.1) is 4.90 Å². The summed E-state index contributed by atoms with van der Waals surface area (Å²) in [6.45, 7) is 6.92. The number of anilines is 1. The van der Waals surface area contributed by atoms with E-state index < -0.39 is 10.0 Å². The summed E-state index contributed by atoms with van der Waals surface area (Å²) < 4.78 is 32.2. The third kappa shape index (κ3) is 3.96. The maximum absolute atomic E-state index is 12.9. The molecule has 1 saturated heterocycles. The van der Waals surface area contributed by atoms with Crippen molar-refractivity contribution in [2.75, 3.05) is 18.4 Å². The monoisotopic (exact) mass is 377 g/mol. The molecule has 2 aromatic rings. The molecule has 140 valence electrons. The Morgan fingerprint density at radius 1 is 1.19 bits per heavy atom. The van der Waals surface area contributed by atoms with E-state index in [4.69, 9.17) is 4.52 Å². The van der Waals surface area contributed by atoms with E-state index in [1.165, 1.54) is 24.3 Å². The van der Waals surface area contributed by atoms with Crippen LogP contribution in [0.4, 0.5) is 5.82 Å². The fourth-order valence-electron chi connectivity index (χ4n) is 3.34. The second-order valence-electron chi connectivity index (χ2n) is 7.07. The topological polar surface area (TPSA) is 92.5 Å². The number of carbonyl (C=O) groups excluding carboxylic acids is 1. The van der Waals surface area contributed by atoms with Crippen LogP contribution in [-0.4, -0.2) is 36.9 Å². The van der Waals surface area contributed by atoms with Crippen molar-refractivity contribution in [2.24, 2.45) is 11.8 Å². The lowest BCUT2D eigenvalue weighted by Crippen LogP contribution is -2.42. The zero-order valence-electron chi connectivity index (χ0n) is 15.1. The van der Waals surface area contributed by atoms with Gasteiger partial charge in [-0.3, -0.25) is 4.79 Å². The zero-order chi connectivity index (χ0) is 18.9. The smallest absolute Gasteiger partial charge is 0.256 e. The summed E-state index contributed by atoms with van der Waals surface area (Å²) in [6, 6.07) is 7.57. The van der Waals surface area contributed by atoms with Gasteiger partial charge in [0.25, 0.3) is 5.91 Å². The van der Waals surface area contributed by atoms with Crippen molar-refractivity contribution in [3.05, 3.63) is 41.7 Å². The van der Waals surface area contributed by atoms with Gasteiger partial charge in [-0.15, -0.1) is 0 Å². The minimum absolute atomic E-state index is 0.202. The Morgan fingerprint density at radius 3 is 2.35 bits per heavy atom. The van der Waals surface area contributed by atoms with E-state index in [2.05, 4.69) is 24.3 Å². The molecular formula is C18H23N3O4S. The maximum Gasteiger partial charge on any atom is 0.256 e. The first-order valence-corrected chi connectivity index (χ1v) is 10.0. The van der Waals surface area contributed by atoms with Crippen molar-refractivity contribution in [3.63, 3.8) is 0 Å². The van der Waals surface area contributed by atoms with Gasteiger partial charge in [0, 0.05) is 24.7 Å². The maximum atomic E-state index is 12.9. The lowest BCUT2D eigenvalue weighted by Gasteiger charge is -2.34. The van der Waals surface area contributed by atoms with E-state index in [1.54, 1.807) is 17.3 Å². The van der Waals surface area contributed by atoms with Gasteiger partial charge in [-0.25, -0.2) is 8.42 Å². The molecule has 1 aromatic heterocycles. The SMILES string of the molecule is Cc1cc(NC(=O)c2ccc(S(=O)(=O)N3C[C@H](C)C[C@@H](C)C3)cc2)no1. The molecule has 1 aromatic carbocycles. The molecule has 0 unspecified atom stereocenters. The molecule has 1 aliphatic heterocycles. The molecule has 26 heavy (non-hydrogen) atoms. The first kappa shape index (κ1) is 18.6. The molecule has 1 N–H and O–H groups in total. The summed E-state index contributed by atoms with van der Waals surface area (Å²) in [5.41, 5.74) is 0.352. The predicted octanol–water partition coefficient (Wildman–Crippen LogP) is 2.90. The number of rotatable bonds is 4. The predicted molar refractivity (Wildman–Crippen MR) is 97.3 cm³/mol. The number of hydrogen-bond donors (Lipinski definition) is 1. The summed E-state index contributed by atoms with van der Waals surface area (Å²) >= 11 is 0. The summed E-state index contributed by atoms with van der Waals surface area (Å²) in [5.74, 6) is 1.21. The second kappa shape index (κ2) is 7.20. The van der Waals surface area contributed by atoms with Crippen LogP contribution in [-0.2, 0) is 10.0 Å². The van der Waals surface area contributed by atoms with Crippen LogP contribution in [0.25, 0.3) is 0 Å². The molecule has 1 aliphatic rings. The van der Waals surface area contributed by atoms with Crippen LogP contribution in [0.3, 0.4) is 0 Å². The van der Waals surface area contributed by atoms with Gasteiger partial charge in [0.1, 0.15) is 5.76 Å². The Balaban J connectivity index is 1.75. The van der Waals surface area contributed by atoms with Gasteiger partial charge in [-0.05, 0) is 49.4 Å². The Morgan fingerprint density at radius 2 is 1.81 bits per heavy atom. The number of nitrogens with one attached hydrogen (secondary N) is 1. The van der Waals surface area contributed by atoms with Gasteiger partial charge >= 0.3 is 0 Å². The average molecular weight is 377 g/mol. The third-order valence-electron chi connectivity index (χ3n) is 4.46. The van der Waals surface area contributed by atoms with Crippen LogP contribution in [0, 0.1) is 18.8 Å². The standard InChI is InChI=1S/C18H23N3O4S/c1-12-8-13(2)11-21(10-12)26(23,24)16-6-4-15(5-7-16)18(22)19-17-9-14(3)25-20-17/h4-7,9,12-13H,8,10-11H2,1-3H3,(H,19,20,22)/t12-,13-/m1/s1. The fourth-order valence-corrected chi connectivity index (χ4v) is 5.02. The highest BCUT2D eigenvalue weighted by molar-refractivity contribution is 7.89. The Hall–Kier alpha value is -2.19. The highest BCUT2D eigenvalue weighted by Crippen LogP contribution is 2.26. The van der Waals surface area contributed by atoms with Crippen molar-refractivity contribution in [1.82, 2.24) is 9.46 Å². The number of amides is 1. The molecule has 1 fully saturated rings. The molecule has 8 heteroatoms. The summed E-state index contributed by atoms with van der Waals surface area (Å²) in [5, 5.41) is 6.31. The highest BCUT2D eigenvalue weighted by Gasteiger charge is 2.31. The lowest BCUT2D eigenvalue weighted by atomic mass is 9.94. The summed E-state index contributed by atoms with van der Waals surface area (Å²) in [7, 11) is -3.55. The summed E-state index contributed by atoms with van der Waals surface area (Å²) in [6.07, 6.45) is 1.03. The van der Waals surface area contributed by atoms with Crippen LogP contribution in [0.15, 0.2) is 39.8 Å². The average Bonchev–Trinajstić information content (AvgIpc) is 2.99. The normalized spacial score (nSPS) is 21.5. The van der Waals surface area contributed by atoms with Crippen molar-refractivity contribution >= 4 is 21.7 Å². The molecule has 1 amide bonds. The van der Waals surface area contributed by atoms with E-state index in [0.717, 1.165) is 6.42 Å². The minimum atomic E-state index is -3.55. The number of hydrogen-bond acceptors (Lipinski definition) is 5. The minimum Gasteiger partial charge on any atom is -0.360 e. The fraction of sp³-hybridized carbons (Fsp3) is 0.444. The zero-order valence-corrected chi connectivity index (χ0v) is 15.9. The van der Waals surface area contributed by atoms with Crippen LogP contribution in [0.5, 0.6) is 0 Å². The van der Waals surface area contributed by atoms with Crippen LogP contribution in [0.2, 0.25) is 0 Å². The van der Waals surface area contributed by atoms with Gasteiger partial charge in [-0.1, -0.05) is 19.0 Å². The van der Waals surface area contributed by atoms with E-state index >= 15 is 0 Å². The molecule has 3 rings (SSSR count). The largest absolute Gasteiger partial charge is 0.360 e. The molecule has 2 heterocycles. The van der Waals surface area contributed by atoms with Gasteiger partial charge < -0.3 is 9.84 Å². The van der Waals surface area contributed by atoms with Crippen LogP contribution >= 0.6 is 0 Å². The first-order chi connectivity index (χ1) is 12.3. The van der Waals surface area contributed by atoms with E-state index in [9.17, 15) is 13.2 Å². The molecule has 0 saturated carbocycles. The number of aryl methyl sites for hydroxylation is 1. The quantitative estimate of drug-likeness (QED) is 0.884. The Bertz CT molecular complexity index is 879. The Kier molecular flexibility index (Phi) is 5.15. The number of aromatic nitrogens is 1. The van der Waals surface area contributed by atoms with E-state index in [0.29, 0.717) is 42.1 Å². The lowest BCUT2D eigenvalue weighted by molar-refractivity contribution is 0.102. The van der Waals surface area contributed by atoms with Crippen molar-refractivity contribution in [3.8, 4) is 0 Å². The van der Waals surface area contributed by atoms with Crippen LogP contribution < -0.4 is 5.32 Å². The molecule has 0 aliphatic carbocycles. The second-order valence-corrected chi connectivity index (χ2v) is 9.01. The third-order valence-corrected chi connectivity index (χ3v) is 6.31. The first-order valence-electron chi connectivity index (χ1n) is 8.60. The summed E-state index contributed by atoms with van der Waals surface area (Å²) in [4.78, 5) is 12.4. The van der Waals surface area contributed by atoms with E-state index in [1.807, 2.05) is 0 Å². The highest BCUT2D eigenvalue weighted by atomic mass is 32.2. The van der Waals surface area contributed by atoms with Gasteiger partial charge in [-0.2, -0.15) is 4.31 Å². The number of benzene rings is 1. The van der Waals surface area contributed by atoms with Gasteiger partial charge in [0.2, 0.25) is 10.0 Å². The molecule has 7 nitrogen and oxygen atoms in total. The number of piperidine rings is 1. The van der Waals surface area contributed by atoms with E-state index in [-0.39, 0.29) is 10.8 Å². The molecule has 0 spiro atoms. The molecular weight excluding hydrogens is 354 g/mol. The van der Waals surface area contributed by atoms with Gasteiger partial charge in [0.15, 0.2) is 5.82 Å². The number of carbonyl (C=O) groups is 1. The molecule has 0 radical (unpaired) electrons.